The van der Waals surface area contributed by atoms with Crippen LogP contribution in [0.3, 0.4) is 0 Å². The highest BCUT2D eigenvalue weighted by Crippen LogP contribution is 2.28. The molecule has 0 spiro atoms. The van der Waals surface area contributed by atoms with E-state index in [4.69, 9.17) is 4.18 Å². The van der Waals surface area contributed by atoms with Crippen LogP contribution in [0.25, 0.3) is 10.8 Å². The first-order chi connectivity index (χ1) is 11.1. The van der Waals surface area contributed by atoms with Crippen molar-refractivity contribution in [2.75, 3.05) is 0 Å². The molecule has 0 saturated heterocycles. The molecule has 4 rings (SSSR count). The molecule has 0 fully saturated rings. The van der Waals surface area contributed by atoms with E-state index in [1.165, 1.54) is 11.1 Å². The standard InChI is InChI=1S/C19H16O3S/c20-23(21,19-11-9-14-4-1-2-5-17(14)13-19)22-18-10-8-15-6-3-7-16(15)12-18/h1-2,4-5,8-13H,3,6-7H2. The van der Waals surface area contributed by atoms with Gasteiger partial charge in [-0.25, -0.2) is 0 Å². The number of fused-ring (bicyclic) bond motifs is 2. The largest absolute Gasteiger partial charge is 0.379 e. The summed E-state index contributed by atoms with van der Waals surface area (Å²) in [4.78, 5) is 0.177. The van der Waals surface area contributed by atoms with Crippen molar-refractivity contribution in [1.29, 1.82) is 0 Å². The maximum atomic E-state index is 12.5. The van der Waals surface area contributed by atoms with Crippen molar-refractivity contribution in [2.45, 2.75) is 24.2 Å². The predicted molar refractivity (Wildman–Crippen MR) is 90.2 cm³/mol. The summed E-state index contributed by atoms with van der Waals surface area (Å²) in [5, 5.41) is 1.88. The Labute approximate surface area is 135 Å². The van der Waals surface area contributed by atoms with Crippen molar-refractivity contribution in [3.05, 3.63) is 71.8 Å². The van der Waals surface area contributed by atoms with Gasteiger partial charge in [-0.3, -0.25) is 0 Å². The summed E-state index contributed by atoms with van der Waals surface area (Å²) >= 11 is 0. The Morgan fingerprint density at radius 2 is 1.57 bits per heavy atom. The smallest absolute Gasteiger partial charge is 0.339 e. The van der Waals surface area contributed by atoms with Gasteiger partial charge in [-0.1, -0.05) is 36.4 Å². The van der Waals surface area contributed by atoms with E-state index >= 15 is 0 Å². The maximum absolute atomic E-state index is 12.5. The van der Waals surface area contributed by atoms with E-state index in [9.17, 15) is 8.42 Å². The molecule has 0 atom stereocenters. The number of hydrogen-bond donors (Lipinski definition) is 0. The second kappa shape index (κ2) is 5.39. The van der Waals surface area contributed by atoms with E-state index in [2.05, 4.69) is 0 Å². The summed E-state index contributed by atoms with van der Waals surface area (Å²) in [5.41, 5.74) is 2.48. The maximum Gasteiger partial charge on any atom is 0.339 e. The van der Waals surface area contributed by atoms with Crippen LogP contribution in [0.15, 0.2) is 65.6 Å². The summed E-state index contributed by atoms with van der Waals surface area (Å²) < 4.78 is 30.4. The lowest BCUT2D eigenvalue weighted by atomic mass is 10.1. The molecular formula is C19H16O3S. The van der Waals surface area contributed by atoms with Gasteiger partial charge >= 0.3 is 10.1 Å². The monoisotopic (exact) mass is 324 g/mol. The van der Waals surface area contributed by atoms with Crippen LogP contribution in [0, 0.1) is 0 Å². The van der Waals surface area contributed by atoms with Gasteiger partial charge in [-0.05, 0) is 65.4 Å². The fourth-order valence-electron chi connectivity index (χ4n) is 3.10. The Hall–Kier alpha value is -2.33. The van der Waals surface area contributed by atoms with E-state index in [1.807, 2.05) is 36.4 Å². The third-order valence-electron chi connectivity index (χ3n) is 4.29. The van der Waals surface area contributed by atoms with Gasteiger partial charge in [0, 0.05) is 0 Å². The first-order valence-corrected chi connectivity index (χ1v) is 9.08. The Kier molecular flexibility index (Phi) is 3.34. The molecule has 0 radical (unpaired) electrons. The average molecular weight is 324 g/mol. The molecule has 0 aliphatic heterocycles. The second-order valence-corrected chi connectivity index (χ2v) is 7.38. The third kappa shape index (κ3) is 2.70. The van der Waals surface area contributed by atoms with Crippen LogP contribution in [0.1, 0.15) is 17.5 Å². The lowest BCUT2D eigenvalue weighted by Gasteiger charge is -2.09. The highest BCUT2D eigenvalue weighted by molar-refractivity contribution is 7.87. The van der Waals surface area contributed by atoms with Crippen molar-refractivity contribution in [3.8, 4) is 5.75 Å². The molecule has 0 saturated carbocycles. The molecule has 3 aromatic rings. The van der Waals surface area contributed by atoms with E-state index in [-0.39, 0.29) is 4.90 Å². The SMILES string of the molecule is O=S(=O)(Oc1ccc2c(c1)CCC2)c1ccc2ccccc2c1. The summed E-state index contributed by atoms with van der Waals surface area (Å²) in [6, 6.07) is 18.3. The molecule has 0 unspecified atom stereocenters. The Bertz CT molecular complexity index is 990. The minimum atomic E-state index is -3.82. The molecule has 116 valence electrons. The fourth-order valence-corrected chi connectivity index (χ4v) is 4.06. The van der Waals surface area contributed by atoms with Crippen molar-refractivity contribution >= 4 is 20.9 Å². The second-order valence-electron chi connectivity index (χ2n) is 5.83. The van der Waals surface area contributed by atoms with Gasteiger partial charge in [0.2, 0.25) is 0 Å². The van der Waals surface area contributed by atoms with Crippen LogP contribution in [0.5, 0.6) is 5.75 Å². The fraction of sp³-hybridized carbons (Fsp3) is 0.158. The van der Waals surface area contributed by atoms with Gasteiger partial charge in [0.25, 0.3) is 0 Å². The highest BCUT2D eigenvalue weighted by atomic mass is 32.2. The van der Waals surface area contributed by atoms with Gasteiger partial charge in [0.1, 0.15) is 10.6 Å². The normalized spacial score (nSPS) is 13.9. The Morgan fingerprint density at radius 1 is 0.783 bits per heavy atom. The first kappa shape index (κ1) is 14.3. The zero-order valence-electron chi connectivity index (χ0n) is 12.5. The van der Waals surface area contributed by atoms with Gasteiger partial charge in [0.05, 0.1) is 0 Å². The molecule has 0 amide bonds. The lowest BCUT2D eigenvalue weighted by molar-refractivity contribution is 0.486. The molecule has 23 heavy (non-hydrogen) atoms. The van der Waals surface area contributed by atoms with Crippen LogP contribution in [0.2, 0.25) is 0 Å². The molecule has 0 aromatic heterocycles. The zero-order chi connectivity index (χ0) is 15.9. The third-order valence-corrected chi connectivity index (χ3v) is 5.53. The summed E-state index contributed by atoms with van der Waals surface area (Å²) in [6.45, 7) is 0. The van der Waals surface area contributed by atoms with Crippen LogP contribution in [-0.4, -0.2) is 8.42 Å². The van der Waals surface area contributed by atoms with Crippen molar-refractivity contribution in [2.24, 2.45) is 0 Å². The molecule has 0 heterocycles. The number of hydrogen-bond acceptors (Lipinski definition) is 3. The number of benzene rings is 3. The van der Waals surface area contributed by atoms with E-state index < -0.39 is 10.1 Å². The van der Waals surface area contributed by atoms with Crippen molar-refractivity contribution < 1.29 is 12.6 Å². The topological polar surface area (TPSA) is 43.4 Å². The Balaban J connectivity index is 1.68. The highest BCUT2D eigenvalue weighted by Gasteiger charge is 2.19. The van der Waals surface area contributed by atoms with Crippen molar-refractivity contribution in [1.82, 2.24) is 0 Å². The van der Waals surface area contributed by atoms with Gasteiger partial charge in [-0.15, -0.1) is 0 Å². The summed E-state index contributed by atoms with van der Waals surface area (Å²) in [5.74, 6) is 0.388. The van der Waals surface area contributed by atoms with Gasteiger partial charge in [0.15, 0.2) is 0 Å². The lowest BCUT2D eigenvalue weighted by Crippen LogP contribution is -2.09. The van der Waals surface area contributed by atoms with Crippen molar-refractivity contribution in [3.63, 3.8) is 0 Å². The number of rotatable bonds is 3. The zero-order valence-corrected chi connectivity index (χ0v) is 13.3. The Morgan fingerprint density at radius 3 is 2.43 bits per heavy atom. The first-order valence-electron chi connectivity index (χ1n) is 7.67. The van der Waals surface area contributed by atoms with Gasteiger partial charge in [-0.2, -0.15) is 8.42 Å². The molecule has 0 N–H and O–H groups in total. The molecule has 4 heteroatoms. The average Bonchev–Trinajstić information content (AvgIpc) is 3.01. The molecular weight excluding hydrogens is 308 g/mol. The van der Waals surface area contributed by atoms with E-state index in [0.29, 0.717) is 5.75 Å². The minimum Gasteiger partial charge on any atom is -0.379 e. The molecule has 1 aliphatic rings. The van der Waals surface area contributed by atoms with Crippen LogP contribution < -0.4 is 4.18 Å². The van der Waals surface area contributed by atoms with Crippen LogP contribution in [0.4, 0.5) is 0 Å². The molecule has 1 aliphatic carbocycles. The predicted octanol–water partition coefficient (Wildman–Crippen LogP) is 4.10. The van der Waals surface area contributed by atoms with E-state index in [1.54, 1.807) is 24.3 Å². The van der Waals surface area contributed by atoms with Crippen LogP contribution >= 0.6 is 0 Å². The quantitative estimate of drug-likeness (QED) is 0.681. The summed E-state index contributed by atoms with van der Waals surface area (Å²) in [6.07, 6.45) is 3.17. The molecule has 0 bridgehead atoms. The van der Waals surface area contributed by atoms with E-state index in [0.717, 1.165) is 30.0 Å². The number of aryl methyl sites for hydroxylation is 2. The van der Waals surface area contributed by atoms with Crippen LogP contribution in [-0.2, 0) is 23.0 Å². The van der Waals surface area contributed by atoms with Gasteiger partial charge < -0.3 is 4.18 Å². The summed E-state index contributed by atoms with van der Waals surface area (Å²) in [7, 11) is -3.82. The minimum absolute atomic E-state index is 0.177. The molecule has 3 nitrogen and oxygen atoms in total. The molecule has 3 aromatic carbocycles.